The third kappa shape index (κ3) is 4.11. The molecule has 0 radical (unpaired) electrons. The average molecular weight is 422 g/mol. The van der Waals surface area contributed by atoms with Crippen molar-refractivity contribution in [2.45, 2.75) is 13.8 Å². The Labute approximate surface area is 178 Å². The average Bonchev–Trinajstić information content (AvgIpc) is 2.74. The van der Waals surface area contributed by atoms with Crippen LogP contribution in [-0.4, -0.2) is 28.0 Å². The Balaban J connectivity index is 1.61. The highest BCUT2D eigenvalue weighted by Crippen LogP contribution is 2.24. The molecule has 0 aliphatic carbocycles. The Hall–Kier alpha value is -3.45. The second kappa shape index (κ2) is 8.51. The Kier molecular flexibility index (Phi) is 5.63. The van der Waals surface area contributed by atoms with E-state index in [1.165, 1.54) is 0 Å². The first-order valence-corrected chi connectivity index (χ1v) is 10.0. The van der Waals surface area contributed by atoms with E-state index in [0.29, 0.717) is 23.0 Å². The molecule has 2 heterocycles. The van der Waals surface area contributed by atoms with Crippen LogP contribution in [0, 0.1) is 0 Å². The Morgan fingerprint density at radius 2 is 1.73 bits per heavy atom. The summed E-state index contributed by atoms with van der Waals surface area (Å²) in [6, 6.07) is 16.7. The molecule has 2 aromatic heterocycles. The summed E-state index contributed by atoms with van der Waals surface area (Å²) in [7, 11) is 0. The lowest BCUT2D eigenvalue weighted by molar-refractivity contribution is 0.563. The third-order valence-electron chi connectivity index (χ3n) is 4.74. The maximum Gasteiger partial charge on any atom is 0.344 e. The summed E-state index contributed by atoms with van der Waals surface area (Å²) < 4.78 is 5.43. The molecule has 0 amide bonds. The minimum absolute atomic E-state index is 0.125. The van der Waals surface area contributed by atoms with E-state index in [1.807, 2.05) is 67.3 Å². The first kappa shape index (κ1) is 19.8. The summed E-state index contributed by atoms with van der Waals surface area (Å²) >= 11 is 6.07. The molecular formula is C22H20ClN5O2. The number of benzene rings is 2. The Bertz CT molecular complexity index is 1240. The lowest BCUT2D eigenvalue weighted by Gasteiger charge is -2.18. The van der Waals surface area contributed by atoms with Crippen LogP contribution in [0.25, 0.3) is 22.1 Å². The summed E-state index contributed by atoms with van der Waals surface area (Å²) in [6.45, 7) is 5.57. The molecule has 4 rings (SSSR count). The van der Waals surface area contributed by atoms with E-state index in [2.05, 4.69) is 20.3 Å². The summed E-state index contributed by atoms with van der Waals surface area (Å²) in [5.74, 6) is 0.878. The van der Waals surface area contributed by atoms with Crippen LogP contribution in [0.1, 0.15) is 13.8 Å². The quantitative estimate of drug-likeness (QED) is 0.444. The lowest BCUT2D eigenvalue weighted by Crippen LogP contribution is -2.24. The van der Waals surface area contributed by atoms with Crippen LogP contribution in [-0.2, 0) is 0 Å². The second-order valence-electron chi connectivity index (χ2n) is 6.59. The van der Waals surface area contributed by atoms with Crippen molar-refractivity contribution in [2.75, 3.05) is 23.3 Å². The van der Waals surface area contributed by atoms with Crippen molar-refractivity contribution in [1.29, 1.82) is 0 Å². The molecule has 0 atom stereocenters. The van der Waals surface area contributed by atoms with E-state index in [9.17, 15) is 4.79 Å². The summed E-state index contributed by atoms with van der Waals surface area (Å²) in [4.78, 5) is 27.1. The molecular weight excluding hydrogens is 402 g/mol. The van der Waals surface area contributed by atoms with Crippen molar-refractivity contribution in [3.05, 3.63) is 70.3 Å². The number of rotatable bonds is 6. The predicted octanol–water partition coefficient (Wildman–Crippen LogP) is 4.89. The normalized spacial score (nSPS) is 10.9. The van der Waals surface area contributed by atoms with Crippen molar-refractivity contribution >= 4 is 40.2 Å². The molecule has 2 aromatic carbocycles. The van der Waals surface area contributed by atoms with Crippen LogP contribution in [0.2, 0.25) is 5.28 Å². The van der Waals surface area contributed by atoms with Crippen LogP contribution < -0.4 is 15.8 Å². The van der Waals surface area contributed by atoms with E-state index < -0.39 is 0 Å². The lowest BCUT2D eigenvalue weighted by atomic mass is 10.1. The Morgan fingerprint density at radius 1 is 1.00 bits per heavy atom. The van der Waals surface area contributed by atoms with Gasteiger partial charge in [-0.05, 0) is 55.3 Å². The zero-order valence-corrected chi connectivity index (χ0v) is 17.3. The molecule has 0 aliphatic rings. The van der Waals surface area contributed by atoms with Crippen molar-refractivity contribution in [3.8, 4) is 11.1 Å². The van der Waals surface area contributed by atoms with Gasteiger partial charge in [0.25, 0.3) is 0 Å². The van der Waals surface area contributed by atoms with Crippen LogP contribution in [0.3, 0.4) is 0 Å². The molecule has 7 nitrogen and oxygen atoms in total. The van der Waals surface area contributed by atoms with Crippen molar-refractivity contribution in [1.82, 2.24) is 15.0 Å². The molecule has 152 valence electrons. The highest BCUT2D eigenvalue weighted by Gasteiger charge is 2.11. The van der Waals surface area contributed by atoms with Gasteiger partial charge in [0.15, 0.2) is 0 Å². The fourth-order valence-corrected chi connectivity index (χ4v) is 3.32. The molecule has 0 fully saturated rings. The van der Waals surface area contributed by atoms with Gasteiger partial charge < -0.3 is 14.6 Å². The van der Waals surface area contributed by atoms with Crippen molar-refractivity contribution in [2.24, 2.45) is 0 Å². The first-order chi connectivity index (χ1) is 14.6. The van der Waals surface area contributed by atoms with E-state index in [-0.39, 0.29) is 10.9 Å². The maximum atomic E-state index is 12.4. The largest absolute Gasteiger partial charge is 0.422 e. The van der Waals surface area contributed by atoms with E-state index in [1.54, 1.807) is 6.07 Å². The molecule has 0 saturated carbocycles. The van der Waals surface area contributed by atoms with Gasteiger partial charge >= 0.3 is 5.63 Å². The van der Waals surface area contributed by atoms with Gasteiger partial charge in [0.05, 0.1) is 5.56 Å². The maximum absolute atomic E-state index is 12.4. The van der Waals surface area contributed by atoms with Crippen LogP contribution in [0.5, 0.6) is 0 Å². The molecule has 30 heavy (non-hydrogen) atoms. The second-order valence-corrected chi connectivity index (χ2v) is 6.93. The summed E-state index contributed by atoms with van der Waals surface area (Å²) in [5, 5.41) is 4.13. The van der Waals surface area contributed by atoms with Gasteiger partial charge in [0.1, 0.15) is 5.58 Å². The highest BCUT2D eigenvalue weighted by atomic mass is 35.5. The predicted molar refractivity (Wildman–Crippen MR) is 120 cm³/mol. The van der Waals surface area contributed by atoms with Gasteiger partial charge in [-0.1, -0.05) is 30.3 Å². The van der Waals surface area contributed by atoms with Gasteiger partial charge in [-0.15, -0.1) is 0 Å². The minimum Gasteiger partial charge on any atom is -0.422 e. The standard InChI is InChI=1S/C22H20ClN5O2/c1-3-28(4-2)22-26-20(23)25-21(27-22)24-16-11-9-14(10-12-16)17-13-15-7-5-6-8-18(15)30-19(17)29/h5-13H,3-4H2,1-2H3,(H,24,25,26,27). The van der Waals surface area contributed by atoms with Gasteiger partial charge in [0, 0.05) is 24.2 Å². The van der Waals surface area contributed by atoms with E-state index in [0.717, 1.165) is 29.7 Å². The summed E-state index contributed by atoms with van der Waals surface area (Å²) in [6.07, 6.45) is 0. The van der Waals surface area contributed by atoms with Gasteiger partial charge in [0.2, 0.25) is 17.2 Å². The molecule has 1 N–H and O–H groups in total. The highest BCUT2D eigenvalue weighted by molar-refractivity contribution is 6.28. The van der Waals surface area contributed by atoms with Gasteiger partial charge in [-0.3, -0.25) is 0 Å². The number of fused-ring (bicyclic) bond motifs is 1. The molecule has 0 spiro atoms. The number of para-hydroxylation sites is 1. The number of halogens is 1. The third-order valence-corrected chi connectivity index (χ3v) is 4.91. The number of hydrogen-bond donors (Lipinski definition) is 1. The zero-order chi connectivity index (χ0) is 21.1. The monoisotopic (exact) mass is 421 g/mol. The van der Waals surface area contributed by atoms with Crippen molar-refractivity contribution in [3.63, 3.8) is 0 Å². The Morgan fingerprint density at radius 3 is 2.47 bits per heavy atom. The van der Waals surface area contributed by atoms with E-state index in [4.69, 9.17) is 16.0 Å². The zero-order valence-electron chi connectivity index (χ0n) is 16.6. The fraction of sp³-hybridized carbons (Fsp3) is 0.182. The molecule has 0 saturated heterocycles. The number of nitrogens with one attached hydrogen (secondary N) is 1. The SMILES string of the molecule is CCN(CC)c1nc(Cl)nc(Nc2ccc(-c3cc4ccccc4oc3=O)cc2)n1. The van der Waals surface area contributed by atoms with Crippen molar-refractivity contribution < 1.29 is 4.42 Å². The fourth-order valence-electron chi connectivity index (χ4n) is 3.17. The molecule has 8 heteroatoms. The van der Waals surface area contributed by atoms with Crippen LogP contribution >= 0.6 is 11.6 Å². The molecule has 0 bridgehead atoms. The minimum atomic E-state index is -0.373. The molecule has 0 unspecified atom stereocenters. The molecule has 0 aliphatic heterocycles. The molecule has 4 aromatic rings. The topological polar surface area (TPSA) is 84.2 Å². The number of nitrogens with zero attached hydrogens (tertiary/aromatic N) is 4. The van der Waals surface area contributed by atoms with Gasteiger partial charge in [-0.2, -0.15) is 15.0 Å². The number of aromatic nitrogens is 3. The van der Waals surface area contributed by atoms with Crippen LogP contribution in [0.15, 0.2) is 63.8 Å². The smallest absolute Gasteiger partial charge is 0.344 e. The number of anilines is 3. The van der Waals surface area contributed by atoms with Gasteiger partial charge in [-0.25, -0.2) is 4.79 Å². The first-order valence-electron chi connectivity index (χ1n) is 9.64. The number of hydrogen-bond acceptors (Lipinski definition) is 7. The summed E-state index contributed by atoms with van der Waals surface area (Å²) in [5.41, 5.74) is 2.23. The van der Waals surface area contributed by atoms with Crippen LogP contribution in [0.4, 0.5) is 17.6 Å². The van der Waals surface area contributed by atoms with E-state index >= 15 is 0 Å².